The first-order chi connectivity index (χ1) is 12.5. The summed E-state index contributed by atoms with van der Waals surface area (Å²) >= 11 is 3.35. The summed E-state index contributed by atoms with van der Waals surface area (Å²) in [6, 6.07) is 13.6. The third-order valence-corrected chi connectivity index (χ3v) is 4.35. The largest absolute Gasteiger partial charge is 0.496 e. The molecule has 0 bridgehead atoms. The Morgan fingerprint density at radius 3 is 2.54 bits per heavy atom. The molecule has 0 spiro atoms. The molecular formula is C19H15BrN2O4. The van der Waals surface area contributed by atoms with Crippen molar-refractivity contribution in [3.05, 3.63) is 69.7 Å². The fourth-order valence-corrected chi connectivity index (χ4v) is 2.96. The van der Waals surface area contributed by atoms with E-state index in [1.807, 2.05) is 18.2 Å². The first-order valence-electron chi connectivity index (χ1n) is 7.76. The van der Waals surface area contributed by atoms with Crippen LogP contribution in [0.1, 0.15) is 11.1 Å². The van der Waals surface area contributed by atoms with E-state index in [-0.39, 0.29) is 12.1 Å². The first-order valence-corrected chi connectivity index (χ1v) is 8.55. The van der Waals surface area contributed by atoms with Crippen molar-refractivity contribution in [2.24, 2.45) is 0 Å². The number of nitrogens with one attached hydrogen (secondary N) is 1. The van der Waals surface area contributed by atoms with Crippen LogP contribution in [-0.4, -0.2) is 29.9 Å². The van der Waals surface area contributed by atoms with Crippen molar-refractivity contribution in [1.82, 2.24) is 10.2 Å². The van der Waals surface area contributed by atoms with Crippen LogP contribution < -0.4 is 10.1 Å². The Morgan fingerprint density at radius 2 is 1.85 bits per heavy atom. The maximum atomic E-state index is 12.8. The number of carbonyl (C=O) groups excluding carboxylic acids is 3. The van der Waals surface area contributed by atoms with Gasteiger partial charge in [-0.25, -0.2) is 4.79 Å². The highest BCUT2D eigenvalue weighted by molar-refractivity contribution is 9.10. The number of methoxy groups -OCH3 is 1. The molecule has 132 valence electrons. The number of carbonyl (C=O) groups is 3. The lowest BCUT2D eigenvalue weighted by Crippen LogP contribution is -2.53. The molecule has 1 N–H and O–H groups in total. The van der Waals surface area contributed by atoms with E-state index in [1.165, 1.54) is 13.2 Å². The average molecular weight is 415 g/mol. The number of imide groups is 2. The zero-order chi connectivity index (χ0) is 18.7. The van der Waals surface area contributed by atoms with Gasteiger partial charge < -0.3 is 4.74 Å². The molecule has 0 unspecified atom stereocenters. The van der Waals surface area contributed by atoms with Gasteiger partial charge in [-0.15, -0.1) is 0 Å². The number of benzene rings is 2. The van der Waals surface area contributed by atoms with Crippen molar-refractivity contribution in [3.63, 3.8) is 0 Å². The minimum Gasteiger partial charge on any atom is -0.496 e. The smallest absolute Gasteiger partial charge is 0.331 e. The fourth-order valence-electron chi connectivity index (χ4n) is 2.58. The van der Waals surface area contributed by atoms with Crippen LogP contribution in [0.2, 0.25) is 0 Å². The maximum absolute atomic E-state index is 12.8. The zero-order valence-corrected chi connectivity index (χ0v) is 15.4. The van der Waals surface area contributed by atoms with Crippen molar-refractivity contribution < 1.29 is 19.1 Å². The van der Waals surface area contributed by atoms with Crippen molar-refractivity contribution >= 4 is 39.9 Å². The van der Waals surface area contributed by atoms with Crippen LogP contribution in [0.3, 0.4) is 0 Å². The molecule has 7 heteroatoms. The second kappa shape index (κ2) is 7.53. The number of nitrogens with zero attached hydrogens (tertiary/aromatic N) is 1. The van der Waals surface area contributed by atoms with Gasteiger partial charge in [0.2, 0.25) is 0 Å². The molecule has 3 rings (SSSR count). The third kappa shape index (κ3) is 3.67. The molecule has 0 saturated carbocycles. The Hall–Kier alpha value is -2.93. The van der Waals surface area contributed by atoms with Crippen LogP contribution in [0.4, 0.5) is 4.79 Å². The Kier molecular flexibility index (Phi) is 5.18. The van der Waals surface area contributed by atoms with E-state index in [4.69, 9.17) is 4.74 Å². The Balaban J connectivity index is 1.96. The number of ether oxygens (including phenoxy) is 1. The molecule has 1 saturated heterocycles. The zero-order valence-electron chi connectivity index (χ0n) is 13.9. The van der Waals surface area contributed by atoms with Crippen LogP contribution in [0, 0.1) is 0 Å². The second-order valence-corrected chi connectivity index (χ2v) is 6.50. The van der Waals surface area contributed by atoms with Crippen molar-refractivity contribution in [2.45, 2.75) is 6.54 Å². The number of hydrogen-bond acceptors (Lipinski definition) is 4. The summed E-state index contributed by atoms with van der Waals surface area (Å²) in [5.74, 6) is -0.871. The van der Waals surface area contributed by atoms with Gasteiger partial charge in [0.1, 0.15) is 11.3 Å². The fraction of sp³-hybridized carbons (Fsp3) is 0.105. The molecule has 1 heterocycles. The van der Waals surface area contributed by atoms with Gasteiger partial charge in [0.15, 0.2) is 0 Å². The summed E-state index contributed by atoms with van der Waals surface area (Å²) in [6.45, 7) is 0.0751. The van der Waals surface area contributed by atoms with Crippen LogP contribution in [0.5, 0.6) is 5.75 Å². The predicted molar refractivity (Wildman–Crippen MR) is 99.2 cm³/mol. The van der Waals surface area contributed by atoms with Crippen LogP contribution >= 0.6 is 15.9 Å². The monoisotopic (exact) mass is 414 g/mol. The minimum atomic E-state index is -0.734. The Morgan fingerprint density at radius 1 is 1.12 bits per heavy atom. The van der Waals surface area contributed by atoms with Crippen molar-refractivity contribution in [2.75, 3.05) is 7.11 Å². The van der Waals surface area contributed by atoms with Gasteiger partial charge >= 0.3 is 6.03 Å². The topological polar surface area (TPSA) is 75.7 Å². The van der Waals surface area contributed by atoms with E-state index in [2.05, 4.69) is 21.2 Å². The lowest BCUT2D eigenvalue weighted by atomic mass is 10.1. The molecule has 0 aliphatic carbocycles. The van der Waals surface area contributed by atoms with E-state index < -0.39 is 17.8 Å². The van der Waals surface area contributed by atoms with Gasteiger partial charge in [0.05, 0.1) is 13.7 Å². The molecule has 0 atom stereocenters. The molecule has 4 amide bonds. The molecule has 1 aliphatic heterocycles. The third-order valence-electron chi connectivity index (χ3n) is 3.86. The van der Waals surface area contributed by atoms with Gasteiger partial charge in [0.25, 0.3) is 11.8 Å². The summed E-state index contributed by atoms with van der Waals surface area (Å²) in [6.07, 6.45) is 1.42. The maximum Gasteiger partial charge on any atom is 0.331 e. The summed E-state index contributed by atoms with van der Waals surface area (Å²) in [4.78, 5) is 38.1. The van der Waals surface area contributed by atoms with Gasteiger partial charge in [-0.3, -0.25) is 19.8 Å². The molecule has 1 aliphatic rings. The minimum absolute atomic E-state index is 0.0751. The highest BCUT2D eigenvalue weighted by atomic mass is 79.9. The van der Waals surface area contributed by atoms with Gasteiger partial charge in [0, 0.05) is 10.0 Å². The summed E-state index contributed by atoms with van der Waals surface area (Å²) < 4.78 is 6.04. The van der Waals surface area contributed by atoms with Crippen molar-refractivity contribution in [1.29, 1.82) is 0 Å². The molecule has 0 radical (unpaired) electrons. The van der Waals surface area contributed by atoms with E-state index >= 15 is 0 Å². The summed E-state index contributed by atoms with van der Waals surface area (Å²) in [7, 11) is 1.50. The number of hydrogen-bond donors (Lipinski definition) is 1. The SMILES string of the molecule is COc1ccc(Br)cc1/C=C1/C(=O)NC(=O)N(Cc2ccccc2)C1=O. The molecule has 0 aromatic heterocycles. The van der Waals surface area contributed by atoms with E-state index in [0.29, 0.717) is 11.3 Å². The Labute approximate surface area is 158 Å². The van der Waals surface area contributed by atoms with Gasteiger partial charge in [-0.2, -0.15) is 0 Å². The van der Waals surface area contributed by atoms with E-state index in [1.54, 1.807) is 30.3 Å². The average Bonchev–Trinajstić information content (AvgIpc) is 2.63. The lowest BCUT2D eigenvalue weighted by molar-refractivity contribution is -0.130. The van der Waals surface area contributed by atoms with Gasteiger partial charge in [-0.05, 0) is 29.8 Å². The molecule has 2 aromatic rings. The highest BCUT2D eigenvalue weighted by Gasteiger charge is 2.35. The lowest BCUT2D eigenvalue weighted by Gasteiger charge is -2.26. The number of urea groups is 1. The van der Waals surface area contributed by atoms with Crippen LogP contribution in [-0.2, 0) is 16.1 Å². The molecule has 26 heavy (non-hydrogen) atoms. The molecule has 1 fully saturated rings. The number of amides is 4. The number of barbiturate groups is 1. The van der Waals surface area contributed by atoms with E-state index in [0.717, 1.165) is 14.9 Å². The highest BCUT2D eigenvalue weighted by Crippen LogP contribution is 2.26. The first kappa shape index (κ1) is 17.9. The molecule has 2 aromatic carbocycles. The standard InChI is InChI=1S/C19H15BrN2O4/c1-26-16-8-7-14(20)9-13(16)10-15-17(23)21-19(25)22(18(15)24)11-12-5-3-2-4-6-12/h2-10H,11H2,1H3,(H,21,23,25)/b15-10-. The summed E-state index contributed by atoms with van der Waals surface area (Å²) in [5, 5.41) is 2.21. The van der Waals surface area contributed by atoms with Crippen molar-refractivity contribution in [3.8, 4) is 5.75 Å². The van der Waals surface area contributed by atoms with Crippen LogP contribution in [0.25, 0.3) is 6.08 Å². The molecular weight excluding hydrogens is 400 g/mol. The number of halogens is 1. The normalized spacial score (nSPS) is 16.0. The predicted octanol–water partition coefficient (Wildman–Crippen LogP) is 3.12. The molecule has 6 nitrogen and oxygen atoms in total. The van der Waals surface area contributed by atoms with Gasteiger partial charge in [-0.1, -0.05) is 46.3 Å². The quantitative estimate of drug-likeness (QED) is 0.615. The summed E-state index contributed by atoms with van der Waals surface area (Å²) in [5.41, 5.74) is 1.20. The Bertz CT molecular complexity index is 909. The van der Waals surface area contributed by atoms with Crippen LogP contribution in [0.15, 0.2) is 58.6 Å². The number of rotatable bonds is 4. The van der Waals surface area contributed by atoms with E-state index in [9.17, 15) is 14.4 Å². The second-order valence-electron chi connectivity index (χ2n) is 5.58.